The molecule has 2 aliphatic rings. The number of hydrogen-bond acceptors (Lipinski definition) is 14. The zero-order chi connectivity index (χ0) is 31.9. The third kappa shape index (κ3) is 5.75. The zero-order valence-corrected chi connectivity index (χ0v) is 22.9. The molecule has 0 unspecified atom stereocenters. The maximum absolute atomic E-state index is 13.2. The summed E-state index contributed by atoms with van der Waals surface area (Å²) >= 11 is 0. The number of nitrogen functional groups attached to an aromatic ring is 1. The Morgan fingerprint density at radius 2 is 1.91 bits per heavy atom. The Bertz CT molecular complexity index is 1700. The number of nitrogens with zero attached hydrogens (tertiary/aromatic N) is 5. The Kier molecular flexibility index (Phi) is 8.43. The van der Waals surface area contributed by atoms with Gasteiger partial charge in [-0.15, -0.1) is 0 Å². The van der Waals surface area contributed by atoms with Crippen LogP contribution in [-0.2, 0) is 23.9 Å². The van der Waals surface area contributed by atoms with Crippen LogP contribution < -0.4 is 27.6 Å². The van der Waals surface area contributed by atoms with Crippen LogP contribution in [0.15, 0.2) is 28.4 Å². The summed E-state index contributed by atoms with van der Waals surface area (Å²) in [6.07, 6.45) is -5.89. The SMILES string of the molecule is Cc1cn([C@H]2C[C@H](NC(=O)[C@H](CC(=O)O)NC(=O)[C@H]3O[C@@H](n4cnc5c(N)ncnc54)[C@H](O)[C@@H]3O)[C@@H](CO)O2)c(=O)[nH]c1=O. The van der Waals surface area contributed by atoms with Crippen LogP contribution >= 0.6 is 0 Å². The maximum Gasteiger partial charge on any atom is 0.330 e. The Balaban J connectivity index is 1.29. The van der Waals surface area contributed by atoms with E-state index in [0.29, 0.717) is 0 Å². The van der Waals surface area contributed by atoms with Crippen LogP contribution in [0.2, 0.25) is 0 Å². The first-order valence-corrected chi connectivity index (χ1v) is 13.2. The number of anilines is 1. The molecular formula is C24H29N9O11. The van der Waals surface area contributed by atoms with Gasteiger partial charge in [0.2, 0.25) is 5.91 Å². The highest BCUT2D eigenvalue weighted by molar-refractivity contribution is 5.92. The Hall–Kier alpha value is -4.76. The molecule has 2 aliphatic heterocycles. The number of nitrogens with two attached hydrogens (primary N) is 1. The number of carbonyl (C=O) groups excluding carboxylic acids is 2. The minimum absolute atomic E-state index is 0.0434. The van der Waals surface area contributed by atoms with E-state index in [4.69, 9.17) is 15.2 Å². The Morgan fingerprint density at radius 1 is 1.16 bits per heavy atom. The third-order valence-corrected chi connectivity index (χ3v) is 7.37. The van der Waals surface area contributed by atoms with E-state index in [2.05, 4.69) is 30.6 Å². The van der Waals surface area contributed by atoms with Gasteiger partial charge in [0.25, 0.3) is 11.5 Å². The normalized spacial score (nSPS) is 27.3. The molecule has 20 nitrogen and oxygen atoms in total. The van der Waals surface area contributed by atoms with Crippen LogP contribution in [0.4, 0.5) is 5.82 Å². The molecule has 2 saturated heterocycles. The molecule has 0 radical (unpaired) electrons. The van der Waals surface area contributed by atoms with Gasteiger partial charge in [-0.05, 0) is 6.92 Å². The number of hydrogen-bond donors (Lipinski definition) is 8. The van der Waals surface area contributed by atoms with Crippen molar-refractivity contribution in [1.29, 1.82) is 0 Å². The van der Waals surface area contributed by atoms with Crippen molar-refractivity contribution in [3.05, 3.63) is 45.3 Å². The van der Waals surface area contributed by atoms with Crippen molar-refractivity contribution >= 4 is 34.8 Å². The number of amides is 2. The number of fused-ring (bicyclic) bond motifs is 1. The van der Waals surface area contributed by atoms with E-state index < -0.39 is 91.0 Å². The molecule has 44 heavy (non-hydrogen) atoms. The number of rotatable bonds is 9. The molecule has 5 rings (SSSR count). The second-order valence-electron chi connectivity index (χ2n) is 10.3. The first kappa shape index (κ1) is 30.7. The monoisotopic (exact) mass is 619 g/mol. The van der Waals surface area contributed by atoms with Crippen molar-refractivity contribution in [2.45, 2.75) is 68.7 Å². The van der Waals surface area contributed by atoms with Crippen molar-refractivity contribution in [1.82, 2.24) is 39.7 Å². The average molecular weight is 620 g/mol. The van der Waals surface area contributed by atoms with Gasteiger partial charge >= 0.3 is 11.7 Å². The highest BCUT2D eigenvalue weighted by Crippen LogP contribution is 2.32. The van der Waals surface area contributed by atoms with Gasteiger partial charge in [-0.1, -0.05) is 0 Å². The molecule has 2 amide bonds. The zero-order valence-electron chi connectivity index (χ0n) is 22.9. The van der Waals surface area contributed by atoms with Gasteiger partial charge in [0.15, 0.2) is 23.8 Å². The standard InChI is InChI=1S/C24H29N9O11/c1-8-4-32(24(42)31-20(8)39)12-2-9(11(5-34)43-12)29-21(40)10(3-13(35)36)30-22(41)17-15(37)16(38)23(44-17)33-7-28-14-18(25)26-6-27-19(14)33/h4,6-7,9-12,15-17,23,34,37-38H,2-3,5H2,1H3,(H,29,40)(H,30,41)(H,35,36)(H2,25,26,27)(H,31,39,42)/t9-,10-,11+,12+,15-,16+,17-,23+/m0/s1. The molecule has 8 atom stereocenters. The number of H-pyrrole nitrogens is 1. The molecule has 3 aromatic heterocycles. The second kappa shape index (κ2) is 12.1. The molecule has 0 aromatic carbocycles. The predicted molar refractivity (Wildman–Crippen MR) is 143 cm³/mol. The molecule has 0 bridgehead atoms. The number of ether oxygens (including phenoxy) is 2. The number of aliphatic carboxylic acids is 1. The number of aromatic nitrogens is 6. The molecule has 2 fully saturated rings. The number of aromatic amines is 1. The van der Waals surface area contributed by atoms with Gasteiger partial charge in [0.05, 0.1) is 25.4 Å². The highest BCUT2D eigenvalue weighted by Gasteiger charge is 2.49. The van der Waals surface area contributed by atoms with Crippen LogP contribution in [0.5, 0.6) is 0 Å². The molecule has 0 saturated carbocycles. The second-order valence-corrected chi connectivity index (χ2v) is 10.3. The van der Waals surface area contributed by atoms with Crippen LogP contribution in [-0.4, -0.2) is 110 Å². The molecule has 0 spiro atoms. The molecular weight excluding hydrogens is 590 g/mol. The number of carboxylic acids is 1. The van der Waals surface area contributed by atoms with Crippen LogP contribution in [0.25, 0.3) is 11.2 Å². The third-order valence-electron chi connectivity index (χ3n) is 7.37. The lowest BCUT2D eigenvalue weighted by atomic mass is 10.1. The minimum Gasteiger partial charge on any atom is -0.481 e. The van der Waals surface area contributed by atoms with E-state index in [9.17, 15) is 44.4 Å². The van der Waals surface area contributed by atoms with Gasteiger partial charge in [-0.2, -0.15) is 0 Å². The summed E-state index contributed by atoms with van der Waals surface area (Å²) in [4.78, 5) is 76.0. The molecule has 20 heteroatoms. The smallest absolute Gasteiger partial charge is 0.330 e. The van der Waals surface area contributed by atoms with Gasteiger partial charge in [-0.3, -0.25) is 33.3 Å². The summed E-state index contributed by atoms with van der Waals surface area (Å²) in [6.45, 7) is 0.884. The summed E-state index contributed by atoms with van der Waals surface area (Å²) in [6, 6.07) is -2.63. The van der Waals surface area contributed by atoms with Crippen LogP contribution in [0.3, 0.4) is 0 Å². The molecule has 0 aliphatic carbocycles. The van der Waals surface area contributed by atoms with E-state index in [1.807, 2.05) is 0 Å². The highest BCUT2D eigenvalue weighted by atomic mass is 16.6. The molecule has 5 heterocycles. The van der Waals surface area contributed by atoms with E-state index in [1.165, 1.54) is 24.0 Å². The van der Waals surface area contributed by atoms with E-state index in [1.54, 1.807) is 0 Å². The number of aliphatic hydroxyl groups is 3. The van der Waals surface area contributed by atoms with Crippen molar-refractivity contribution in [3.8, 4) is 0 Å². The van der Waals surface area contributed by atoms with Crippen LogP contribution in [0.1, 0.15) is 30.9 Å². The van der Waals surface area contributed by atoms with E-state index >= 15 is 0 Å². The maximum atomic E-state index is 13.2. The summed E-state index contributed by atoms with van der Waals surface area (Å²) in [5.41, 5.74) is 4.96. The number of aryl methyl sites for hydroxylation is 1. The van der Waals surface area contributed by atoms with Crippen molar-refractivity contribution in [3.63, 3.8) is 0 Å². The Labute approximate surface area is 245 Å². The summed E-state index contributed by atoms with van der Waals surface area (Å²) < 4.78 is 13.6. The number of nitrogens with one attached hydrogen (secondary N) is 3. The number of imidazole rings is 1. The van der Waals surface area contributed by atoms with Gasteiger partial charge in [0, 0.05) is 18.2 Å². The fourth-order valence-electron chi connectivity index (χ4n) is 5.11. The summed E-state index contributed by atoms with van der Waals surface area (Å²) in [5.74, 6) is -3.49. The largest absolute Gasteiger partial charge is 0.481 e. The predicted octanol–water partition coefficient (Wildman–Crippen LogP) is -4.39. The van der Waals surface area contributed by atoms with E-state index in [0.717, 1.165) is 10.9 Å². The fourth-order valence-corrected chi connectivity index (χ4v) is 5.11. The van der Waals surface area contributed by atoms with Crippen molar-refractivity contribution in [2.75, 3.05) is 12.3 Å². The molecule has 3 aromatic rings. The van der Waals surface area contributed by atoms with Crippen molar-refractivity contribution in [2.24, 2.45) is 0 Å². The fraction of sp³-hybridized carbons (Fsp3) is 0.500. The van der Waals surface area contributed by atoms with E-state index in [-0.39, 0.29) is 29.0 Å². The van der Waals surface area contributed by atoms with Gasteiger partial charge in [-0.25, -0.2) is 19.7 Å². The number of carbonyl (C=O) groups is 3. The molecule has 236 valence electrons. The van der Waals surface area contributed by atoms with Crippen molar-refractivity contribution < 1.29 is 44.3 Å². The average Bonchev–Trinajstić information content (AvgIpc) is 3.66. The van der Waals surface area contributed by atoms with Gasteiger partial charge < -0.3 is 46.3 Å². The minimum atomic E-state index is -1.80. The lowest BCUT2D eigenvalue weighted by molar-refractivity contribution is -0.144. The topological polar surface area (TPSA) is 299 Å². The van der Waals surface area contributed by atoms with Gasteiger partial charge in [0.1, 0.15) is 42.4 Å². The summed E-state index contributed by atoms with van der Waals surface area (Å²) in [5, 5.41) is 45.2. The number of carboxylic acid groups (broad SMARTS) is 1. The first-order chi connectivity index (χ1) is 20.9. The lowest BCUT2D eigenvalue weighted by Crippen LogP contribution is -2.55. The summed E-state index contributed by atoms with van der Waals surface area (Å²) in [7, 11) is 0. The van der Waals surface area contributed by atoms with Crippen LogP contribution in [0, 0.1) is 6.92 Å². The number of aliphatic hydroxyl groups excluding tert-OH is 3. The molecule has 9 N–H and O–H groups in total. The Morgan fingerprint density at radius 3 is 2.61 bits per heavy atom. The first-order valence-electron chi connectivity index (χ1n) is 13.2. The quantitative estimate of drug-likeness (QED) is 0.112. The lowest BCUT2D eigenvalue weighted by Gasteiger charge is -2.23.